The van der Waals surface area contributed by atoms with Crippen molar-refractivity contribution in [2.75, 3.05) is 13.1 Å². The summed E-state index contributed by atoms with van der Waals surface area (Å²) in [5, 5.41) is -0.209. The van der Waals surface area contributed by atoms with Crippen LogP contribution in [0.15, 0.2) is 54.9 Å². The molecular weight excluding hydrogens is 434 g/mol. The maximum Gasteiger partial charge on any atom is 0.142 e. The third-order valence-electron chi connectivity index (χ3n) is 6.45. The van der Waals surface area contributed by atoms with Crippen molar-refractivity contribution in [3.05, 3.63) is 82.8 Å². The van der Waals surface area contributed by atoms with Gasteiger partial charge in [0.05, 0.1) is 46.7 Å². The third kappa shape index (κ3) is 3.95. The SMILES string of the molecule is Cc1cn(C2=CN3CCN([C@@H](C)[C@@H]4CC[C@H](c5cc(F)c(Cl)cc5F)O4)C=C3C=C2)cn1. The van der Waals surface area contributed by atoms with E-state index in [1.807, 2.05) is 24.0 Å². The molecule has 1 aromatic carbocycles. The predicted molar refractivity (Wildman–Crippen MR) is 120 cm³/mol. The fraction of sp³-hybridized carbons (Fsp3) is 0.375. The molecule has 3 aliphatic heterocycles. The highest BCUT2D eigenvalue weighted by atomic mass is 35.5. The van der Waals surface area contributed by atoms with E-state index in [1.165, 1.54) is 0 Å². The smallest absolute Gasteiger partial charge is 0.142 e. The molecule has 1 fully saturated rings. The van der Waals surface area contributed by atoms with Crippen molar-refractivity contribution in [3.8, 4) is 0 Å². The average Bonchev–Trinajstić information content (AvgIpc) is 3.44. The van der Waals surface area contributed by atoms with Crippen LogP contribution in [0.5, 0.6) is 0 Å². The molecule has 0 saturated carbocycles. The number of halogens is 3. The first-order valence-corrected chi connectivity index (χ1v) is 11.2. The van der Waals surface area contributed by atoms with Gasteiger partial charge in [0.1, 0.15) is 11.6 Å². The van der Waals surface area contributed by atoms with E-state index >= 15 is 0 Å². The van der Waals surface area contributed by atoms with Crippen molar-refractivity contribution >= 4 is 17.3 Å². The van der Waals surface area contributed by atoms with E-state index in [1.54, 1.807) is 0 Å². The lowest BCUT2D eigenvalue weighted by Crippen LogP contribution is -2.45. The second-order valence-electron chi connectivity index (χ2n) is 8.56. The molecule has 0 aliphatic carbocycles. The van der Waals surface area contributed by atoms with Crippen LogP contribution in [0.3, 0.4) is 0 Å². The lowest BCUT2D eigenvalue weighted by molar-refractivity contribution is -0.00159. The Morgan fingerprint density at radius 2 is 1.91 bits per heavy atom. The van der Waals surface area contributed by atoms with Gasteiger partial charge in [-0.05, 0) is 51.0 Å². The minimum Gasteiger partial charge on any atom is -0.369 e. The number of fused-ring (bicyclic) bond motifs is 1. The van der Waals surface area contributed by atoms with Crippen LogP contribution in [0.25, 0.3) is 5.70 Å². The Kier molecular flexibility index (Phi) is 5.55. The van der Waals surface area contributed by atoms with Crippen LogP contribution < -0.4 is 0 Å². The van der Waals surface area contributed by atoms with Gasteiger partial charge in [0, 0.05) is 37.2 Å². The number of hydrogen-bond donors (Lipinski definition) is 0. The van der Waals surface area contributed by atoms with E-state index in [-0.39, 0.29) is 22.7 Å². The topological polar surface area (TPSA) is 33.5 Å². The first-order valence-electron chi connectivity index (χ1n) is 10.8. The number of nitrogens with zero attached hydrogens (tertiary/aromatic N) is 4. The number of ether oxygens (including phenoxy) is 1. The van der Waals surface area contributed by atoms with Crippen LogP contribution in [0.1, 0.15) is 37.1 Å². The van der Waals surface area contributed by atoms with Crippen molar-refractivity contribution in [3.63, 3.8) is 0 Å². The molecule has 8 heteroatoms. The van der Waals surface area contributed by atoms with Gasteiger partial charge in [0.2, 0.25) is 0 Å². The van der Waals surface area contributed by atoms with Crippen LogP contribution in [-0.2, 0) is 4.74 Å². The molecule has 0 N–H and O–H groups in total. The second kappa shape index (κ2) is 8.37. The molecule has 5 rings (SSSR count). The van der Waals surface area contributed by atoms with Crippen molar-refractivity contribution in [1.29, 1.82) is 0 Å². The predicted octanol–water partition coefficient (Wildman–Crippen LogP) is 5.26. The number of rotatable bonds is 4. The number of imidazole rings is 1. The van der Waals surface area contributed by atoms with Gasteiger partial charge in [-0.2, -0.15) is 0 Å². The van der Waals surface area contributed by atoms with Crippen LogP contribution in [0.4, 0.5) is 8.78 Å². The Morgan fingerprint density at radius 1 is 1.09 bits per heavy atom. The van der Waals surface area contributed by atoms with Crippen molar-refractivity contribution in [2.45, 2.75) is 44.9 Å². The summed E-state index contributed by atoms with van der Waals surface area (Å²) in [6.07, 6.45) is 13.2. The summed E-state index contributed by atoms with van der Waals surface area (Å²) < 4.78 is 36.4. The monoisotopic (exact) mass is 458 g/mol. The minimum atomic E-state index is -0.619. The van der Waals surface area contributed by atoms with E-state index in [2.05, 4.69) is 46.3 Å². The fourth-order valence-electron chi connectivity index (χ4n) is 4.59. The zero-order valence-corrected chi connectivity index (χ0v) is 18.8. The number of hydrogen-bond acceptors (Lipinski definition) is 4. The second-order valence-corrected chi connectivity index (χ2v) is 8.97. The summed E-state index contributed by atoms with van der Waals surface area (Å²) in [7, 11) is 0. The third-order valence-corrected chi connectivity index (χ3v) is 6.74. The molecular formula is C24H25ClF2N4O. The number of allylic oxidation sites excluding steroid dienone is 3. The average molecular weight is 459 g/mol. The van der Waals surface area contributed by atoms with Crippen molar-refractivity contribution in [1.82, 2.24) is 19.4 Å². The molecule has 2 aromatic rings. The van der Waals surface area contributed by atoms with Gasteiger partial charge in [-0.15, -0.1) is 0 Å². The van der Waals surface area contributed by atoms with Gasteiger partial charge in [-0.25, -0.2) is 13.8 Å². The zero-order chi connectivity index (χ0) is 22.4. The molecule has 0 amide bonds. The van der Waals surface area contributed by atoms with Crippen molar-refractivity contribution in [2.24, 2.45) is 0 Å². The highest BCUT2D eigenvalue weighted by Gasteiger charge is 2.35. The summed E-state index contributed by atoms with van der Waals surface area (Å²) in [5.74, 6) is -1.14. The number of benzene rings is 1. The molecule has 0 spiro atoms. The summed E-state index contributed by atoms with van der Waals surface area (Å²) in [6, 6.07) is 2.30. The Hall–Kier alpha value is -2.64. The van der Waals surface area contributed by atoms with Crippen LogP contribution >= 0.6 is 11.6 Å². The molecule has 0 radical (unpaired) electrons. The fourth-order valence-corrected chi connectivity index (χ4v) is 4.74. The van der Waals surface area contributed by atoms with E-state index in [9.17, 15) is 8.78 Å². The molecule has 1 saturated heterocycles. The standard InChI is InChI=1S/C24H25ClF2N4O/c1-15-11-31(14-28-15)18-4-3-17-12-29(7-8-30(17)13-18)16(2)23-5-6-24(32-23)19-9-22(27)20(25)10-21(19)26/h3-4,9-14,16,23-24H,5-8H2,1-2H3/t16-,23-,24+/m0/s1. The van der Waals surface area contributed by atoms with Gasteiger partial charge in [-0.3, -0.25) is 0 Å². The number of aromatic nitrogens is 2. The summed E-state index contributed by atoms with van der Waals surface area (Å²) >= 11 is 5.69. The molecule has 4 heterocycles. The Bertz CT molecular complexity index is 1130. The first kappa shape index (κ1) is 21.2. The van der Waals surface area contributed by atoms with E-state index in [4.69, 9.17) is 16.3 Å². The molecule has 32 heavy (non-hydrogen) atoms. The van der Waals surface area contributed by atoms with Gasteiger partial charge in [-0.1, -0.05) is 11.6 Å². The highest BCUT2D eigenvalue weighted by Crippen LogP contribution is 2.38. The molecule has 0 unspecified atom stereocenters. The quantitative estimate of drug-likeness (QED) is 0.585. The Labute approximate surface area is 191 Å². The van der Waals surface area contributed by atoms with Crippen LogP contribution in [0, 0.1) is 18.6 Å². The maximum atomic E-state index is 14.3. The molecule has 1 aromatic heterocycles. The summed E-state index contributed by atoms with van der Waals surface area (Å²) in [5.41, 5.74) is 3.41. The van der Waals surface area contributed by atoms with E-state index in [0.717, 1.165) is 48.7 Å². The lowest BCUT2D eigenvalue weighted by Gasteiger charge is -2.40. The van der Waals surface area contributed by atoms with Gasteiger partial charge >= 0.3 is 0 Å². The lowest BCUT2D eigenvalue weighted by atomic mass is 10.0. The number of aryl methyl sites for hydroxylation is 1. The highest BCUT2D eigenvalue weighted by molar-refractivity contribution is 6.30. The van der Waals surface area contributed by atoms with Gasteiger partial charge in [0.25, 0.3) is 0 Å². The molecule has 3 aliphatic rings. The van der Waals surface area contributed by atoms with E-state index in [0.29, 0.717) is 6.42 Å². The molecule has 5 nitrogen and oxygen atoms in total. The zero-order valence-electron chi connectivity index (χ0n) is 18.0. The van der Waals surface area contributed by atoms with E-state index < -0.39 is 17.7 Å². The largest absolute Gasteiger partial charge is 0.369 e. The van der Waals surface area contributed by atoms with Gasteiger partial charge in [0.15, 0.2) is 0 Å². The summed E-state index contributed by atoms with van der Waals surface area (Å²) in [6.45, 7) is 5.80. The normalized spacial score (nSPS) is 23.8. The summed E-state index contributed by atoms with van der Waals surface area (Å²) in [4.78, 5) is 8.81. The molecule has 0 bridgehead atoms. The Balaban J connectivity index is 1.27. The molecule has 3 atom stereocenters. The van der Waals surface area contributed by atoms with Crippen LogP contribution in [0.2, 0.25) is 5.02 Å². The van der Waals surface area contributed by atoms with Crippen molar-refractivity contribution < 1.29 is 13.5 Å². The first-order chi connectivity index (χ1) is 15.4. The van der Waals surface area contributed by atoms with Gasteiger partial charge < -0.3 is 19.1 Å². The maximum absolute atomic E-state index is 14.3. The molecule has 168 valence electrons. The minimum absolute atomic E-state index is 0.0610. The Morgan fingerprint density at radius 3 is 2.69 bits per heavy atom. The van der Waals surface area contributed by atoms with Crippen LogP contribution in [-0.4, -0.2) is 44.6 Å².